The van der Waals surface area contributed by atoms with Crippen molar-refractivity contribution in [3.8, 4) is 0 Å². The van der Waals surface area contributed by atoms with Crippen molar-refractivity contribution >= 4 is 40.7 Å². The number of aromatic nitrogens is 1. The van der Waals surface area contributed by atoms with Crippen molar-refractivity contribution in [1.82, 2.24) is 4.57 Å². The maximum Gasteiger partial charge on any atom is 0.332 e. The van der Waals surface area contributed by atoms with Gasteiger partial charge in [-0.15, -0.1) is 0 Å². The van der Waals surface area contributed by atoms with Gasteiger partial charge in [0, 0.05) is 16.7 Å². The molecule has 0 bridgehead atoms. The third kappa shape index (κ3) is 2.77. The molecule has 7 heteroatoms. The minimum atomic E-state index is -0.571. The maximum absolute atomic E-state index is 13.0. The Labute approximate surface area is 157 Å². The summed E-state index contributed by atoms with van der Waals surface area (Å²) in [7, 11) is 1.28. The van der Waals surface area contributed by atoms with Gasteiger partial charge < -0.3 is 4.74 Å². The molecule has 0 aliphatic carbocycles. The van der Waals surface area contributed by atoms with Crippen LogP contribution >= 0.6 is 22.9 Å². The molecule has 2 heterocycles. The molecule has 4 rings (SSSR count). The van der Waals surface area contributed by atoms with E-state index in [0.717, 1.165) is 16.8 Å². The van der Waals surface area contributed by atoms with Crippen LogP contribution in [0.25, 0.3) is 6.08 Å². The lowest BCUT2D eigenvalue weighted by molar-refractivity contribution is -0.133. The number of thiazole rings is 1. The molecule has 1 atom stereocenters. The first-order valence-electron chi connectivity index (χ1n) is 7.82. The SMILES string of the molecule is COC(=O)C=c1sc2n(c1=O)C(c1ccccc1)c1cc(Cl)ccc1N=2. The monoisotopic (exact) mass is 384 g/mol. The molecule has 0 N–H and O–H groups in total. The average molecular weight is 385 g/mol. The molecule has 26 heavy (non-hydrogen) atoms. The molecule has 2 aromatic carbocycles. The second-order valence-corrected chi connectivity index (χ2v) is 7.17. The van der Waals surface area contributed by atoms with Gasteiger partial charge >= 0.3 is 5.97 Å². The molecule has 0 saturated heterocycles. The van der Waals surface area contributed by atoms with Crippen LogP contribution < -0.4 is 14.9 Å². The van der Waals surface area contributed by atoms with E-state index in [2.05, 4.69) is 9.73 Å². The summed E-state index contributed by atoms with van der Waals surface area (Å²) in [5.74, 6) is -0.571. The Morgan fingerprint density at radius 1 is 1.27 bits per heavy atom. The van der Waals surface area contributed by atoms with Crippen LogP contribution in [0.5, 0.6) is 0 Å². The summed E-state index contributed by atoms with van der Waals surface area (Å²) in [5.41, 5.74) is 2.27. The number of ether oxygens (including phenoxy) is 1. The van der Waals surface area contributed by atoms with Gasteiger partial charge in [-0.05, 0) is 23.8 Å². The zero-order valence-electron chi connectivity index (χ0n) is 13.7. The van der Waals surface area contributed by atoms with E-state index in [1.165, 1.54) is 24.5 Å². The molecule has 0 radical (unpaired) electrons. The number of carbonyl (C=O) groups excluding carboxylic acids is 1. The van der Waals surface area contributed by atoms with Gasteiger partial charge in [0.15, 0.2) is 4.80 Å². The first-order chi connectivity index (χ1) is 12.6. The van der Waals surface area contributed by atoms with E-state index >= 15 is 0 Å². The van der Waals surface area contributed by atoms with Crippen molar-refractivity contribution in [3.63, 3.8) is 0 Å². The van der Waals surface area contributed by atoms with Crippen LogP contribution in [0.4, 0.5) is 5.69 Å². The standard InChI is InChI=1S/C19H13ClN2O3S/c1-25-16(23)10-15-18(24)22-17(11-5-3-2-4-6-11)13-9-12(20)7-8-14(13)21-19(22)26-15/h2-10,17H,1H3. The Bertz CT molecular complexity index is 1180. The molecule has 130 valence electrons. The quantitative estimate of drug-likeness (QED) is 0.499. The number of hydrogen-bond donors (Lipinski definition) is 0. The number of nitrogens with zero attached hydrogens (tertiary/aromatic N) is 2. The molecule has 0 saturated carbocycles. The topological polar surface area (TPSA) is 60.7 Å². The summed E-state index contributed by atoms with van der Waals surface area (Å²) in [6.45, 7) is 0. The molecule has 0 amide bonds. The molecule has 5 nitrogen and oxygen atoms in total. The minimum absolute atomic E-state index is 0.279. The Morgan fingerprint density at radius 2 is 2.04 bits per heavy atom. The Kier molecular flexibility index (Phi) is 4.22. The van der Waals surface area contributed by atoms with E-state index in [1.54, 1.807) is 10.6 Å². The van der Waals surface area contributed by atoms with E-state index < -0.39 is 5.97 Å². The maximum atomic E-state index is 13.0. The molecule has 1 aliphatic heterocycles. The summed E-state index contributed by atoms with van der Waals surface area (Å²) >= 11 is 7.36. The lowest BCUT2D eigenvalue weighted by Crippen LogP contribution is -2.37. The predicted octanol–water partition coefficient (Wildman–Crippen LogP) is 2.42. The van der Waals surface area contributed by atoms with Crippen LogP contribution in [0, 0.1) is 0 Å². The van der Waals surface area contributed by atoms with Crippen LogP contribution in [-0.4, -0.2) is 17.6 Å². The number of carbonyl (C=O) groups is 1. The van der Waals surface area contributed by atoms with Gasteiger partial charge in [0.2, 0.25) is 0 Å². The summed E-state index contributed by atoms with van der Waals surface area (Å²) in [4.78, 5) is 29.7. The van der Waals surface area contributed by atoms with Gasteiger partial charge in [-0.3, -0.25) is 9.36 Å². The van der Waals surface area contributed by atoms with E-state index in [-0.39, 0.29) is 16.1 Å². The summed E-state index contributed by atoms with van der Waals surface area (Å²) < 4.78 is 6.54. The lowest BCUT2D eigenvalue weighted by atomic mass is 9.96. The van der Waals surface area contributed by atoms with E-state index in [9.17, 15) is 9.59 Å². The average Bonchev–Trinajstić information content (AvgIpc) is 2.96. The first kappa shape index (κ1) is 16.8. The lowest BCUT2D eigenvalue weighted by Gasteiger charge is -2.24. The van der Waals surface area contributed by atoms with Gasteiger partial charge in [0.25, 0.3) is 5.56 Å². The number of benzene rings is 2. The fourth-order valence-electron chi connectivity index (χ4n) is 3.01. The normalized spacial score (nSPS) is 15.8. The second-order valence-electron chi connectivity index (χ2n) is 5.72. The predicted molar refractivity (Wildman–Crippen MR) is 101 cm³/mol. The highest BCUT2D eigenvalue weighted by Gasteiger charge is 2.27. The molecular weight excluding hydrogens is 372 g/mol. The number of halogens is 1. The van der Waals surface area contributed by atoms with E-state index in [0.29, 0.717) is 9.82 Å². The zero-order valence-corrected chi connectivity index (χ0v) is 15.3. The summed E-state index contributed by atoms with van der Waals surface area (Å²) in [5, 5.41) is 0.577. The van der Waals surface area contributed by atoms with Gasteiger partial charge in [-0.1, -0.05) is 53.3 Å². The first-order valence-corrected chi connectivity index (χ1v) is 9.02. The fourth-order valence-corrected chi connectivity index (χ4v) is 4.16. The fraction of sp³-hybridized carbons (Fsp3) is 0.105. The number of hydrogen-bond acceptors (Lipinski definition) is 5. The van der Waals surface area contributed by atoms with Gasteiger partial charge in [0.1, 0.15) is 4.53 Å². The molecule has 0 spiro atoms. The Balaban J connectivity index is 2.06. The van der Waals surface area contributed by atoms with Gasteiger partial charge in [0.05, 0.1) is 18.8 Å². The highest BCUT2D eigenvalue weighted by molar-refractivity contribution is 7.07. The van der Waals surface area contributed by atoms with Crippen molar-refractivity contribution < 1.29 is 9.53 Å². The van der Waals surface area contributed by atoms with Crippen molar-refractivity contribution in [2.45, 2.75) is 6.04 Å². The number of methoxy groups -OCH3 is 1. The van der Waals surface area contributed by atoms with Crippen molar-refractivity contribution in [2.75, 3.05) is 7.11 Å². The van der Waals surface area contributed by atoms with E-state index in [1.807, 2.05) is 42.5 Å². The number of esters is 1. The number of rotatable bonds is 2. The molecule has 1 unspecified atom stereocenters. The van der Waals surface area contributed by atoms with Crippen molar-refractivity contribution in [1.29, 1.82) is 0 Å². The number of fused-ring (bicyclic) bond motifs is 2. The van der Waals surface area contributed by atoms with Crippen LogP contribution in [0.3, 0.4) is 0 Å². The summed E-state index contributed by atoms with van der Waals surface area (Å²) in [6, 6.07) is 14.8. The molecular formula is C19H13ClN2O3S. The van der Waals surface area contributed by atoms with Crippen molar-refractivity contribution in [2.24, 2.45) is 4.99 Å². The largest absolute Gasteiger partial charge is 0.466 e. The van der Waals surface area contributed by atoms with Crippen LogP contribution in [0.15, 0.2) is 58.3 Å². The van der Waals surface area contributed by atoms with Crippen LogP contribution in [0.1, 0.15) is 17.2 Å². The summed E-state index contributed by atoms with van der Waals surface area (Å²) in [6.07, 6.45) is 1.20. The zero-order chi connectivity index (χ0) is 18.3. The molecule has 1 aromatic heterocycles. The Morgan fingerprint density at radius 3 is 2.77 bits per heavy atom. The van der Waals surface area contributed by atoms with Gasteiger partial charge in [-0.25, -0.2) is 9.79 Å². The third-order valence-corrected chi connectivity index (χ3v) is 5.38. The third-order valence-electron chi connectivity index (χ3n) is 4.16. The molecule has 0 fully saturated rings. The van der Waals surface area contributed by atoms with Crippen LogP contribution in [0.2, 0.25) is 5.02 Å². The smallest absolute Gasteiger partial charge is 0.332 e. The molecule has 1 aliphatic rings. The Hall–Kier alpha value is -2.70. The minimum Gasteiger partial charge on any atom is -0.466 e. The van der Waals surface area contributed by atoms with Gasteiger partial charge in [-0.2, -0.15) is 0 Å². The second kappa shape index (κ2) is 6.55. The van der Waals surface area contributed by atoms with Crippen LogP contribution in [-0.2, 0) is 9.53 Å². The highest BCUT2D eigenvalue weighted by atomic mass is 35.5. The molecule has 3 aromatic rings. The highest BCUT2D eigenvalue weighted by Crippen LogP contribution is 2.35. The van der Waals surface area contributed by atoms with E-state index in [4.69, 9.17) is 11.6 Å². The van der Waals surface area contributed by atoms with Crippen molar-refractivity contribution in [3.05, 3.63) is 84.4 Å².